The van der Waals surface area contributed by atoms with Gasteiger partial charge in [0.1, 0.15) is 17.5 Å². The SMILES string of the molecule is CCNc1nc(C(C)C)nc(N(CC)CC(N)=O)c1C. The third kappa shape index (κ3) is 3.82. The van der Waals surface area contributed by atoms with E-state index in [2.05, 4.69) is 29.1 Å². The first-order chi connectivity index (χ1) is 9.40. The van der Waals surface area contributed by atoms with Crippen molar-refractivity contribution in [3.05, 3.63) is 11.4 Å². The van der Waals surface area contributed by atoms with Gasteiger partial charge in [-0.15, -0.1) is 0 Å². The van der Waals surface area contributed by atoms with E-state index >= 15 is 0 Å². The van der Waals surface area contributed by atoms with E-state index < -0.39 is 0 Å². The predicted molar refractivity (Wildman–Crippen MR) is 82.1 cm³/mol. The minimum Gasteiger partial charge on any atom is -0.370 e. The van der Waals surface area contributed by atoms with Crippen molar-refractivity contribution in [2.45, 2.75) is 40.5 Å². The molecule has 0 aliphatic heterocycles. The zero-order valence-electron chi connectivity index (χ0n) is 13.0. The zero-order valence-corrected chi connectivity index (χ0v) is 13.0. The molecule has 1 amide bonds. The van der Waals surface area contributed by atoms with Crippen LogP contribution in [0, 0.1) is 6.92 Å². The summed E-state index contributed by atoms with van der Waals surface area (Å²) >= 11 is 0. The molecule has 0 unspecified atom stereocenters. The number of hydrogen-bond acceptors (Lipinski definition) is 5. The van der Waals surface area contributed by atoms with E-state index in [0.29, 0.717) is 6.54 Å². The summed E-state index contributed by atoms with van der Waals surface area (Å²) in [6, 6.07) is 0. The second-order valence-electron chi connectivity index (χ2n) is 5.04. The molecule has 20 heavy (non-hydrogen) atoms. The first-order valence-electron chi connectivity index (χ1n) is 7.06. The highest BCUT2D eigenvalue weighted by Crippen LogP contribution is 2.25. The van der Waals surface area contributed by atoms with Crippen LogP contribution in [0.3, 0.4) is 0 Å². The minimum absolute atomic E-state index is 0.164. The fraction of sp³-hybridized carbons (Fsp3) is 0.643. The highest BCUT2D eigenvalue weighted by Gasteiger charge is 2.18. The van der Waals surface area contributed by atoms with Crippen LogP contribution in [0.5, 0.6) is 0 Å². The third-order valence-electron chi connectivity index (χ3n) is 3.03. The first-order valence-corrected chi connectivity index (χ1v) is 7.06. The third-order valence-corrected chi connectivity index (χ3v) is 3.03. The Morgan fingerprint density at radius 2 is 2.00 bits per heavy atom. The molecule has 0 spiro atoms. The van der Waals surface area contributed by atoms with E-state index in [1.165, 1.54) is 0 Å². The summed E-state index contributed by atoms with van der Waals surface area (Å²) < 4.78 is 0. The number of amides is 1. The van der Waals surface area contributed by atoms with Gasteiger partial charge in [0, 0.05) is 24.6 Å². The summed E-state index contributed by atoms with van der Waals surface area (Å²) in [5.41, 5.74) is 6.26. The quantitative estimate of drug-likeness (QED) is 0.793. The molecule has 6 heteroatoms. The van der Waals surface area contributed by atoms with Crippen molar-refractivity contribution in [1.82, 2.24) is 9.97 Å². The minimum atomic E-state index is -0.360. The van der Waals surface area contributed by atoms with Gasteiger partial charge in [0.25, 0.3) is 0 Å². The molecule has 112 valence electrons. The van der Waals surface area contributed by atoms with Gasteiger partial charge in [0.05, 0.1) is 6.54 Å². The van der Waals surface area contributed by atoms with E-state index in [1.54, 1.807) is 0 Å². The number of rotatable bonds is 7. The molecule has 0 radical (unpaired) electrons. The smallest absolute Gasteiger partial charge is 0.236 e. The summed E-state index contributed by atoms with van der Waals surface area (Å²) in [4.78, 5) is 22.2. The van der Waals surface area contributed by atoms with Crippen LogP contribution in [0.1, 0.15) is 45.0 Å². The van der Waals surface area contributed by atoms with Gasteiger partial charge in [0.15, 0.2) is 0 Å². The van der Waals surface area contributed by atoms with E-state index in [1.807, 2.05) is 25.7 Å². The number of hydrogen-bond donors (Lipinski definition) is 2. The second-order valence-corrected chi connectivity index (χ2v) is 5.04. The molecule has 0 bridgehead atoms. The van der Waals surface area contributed by atoms with E-state index in [4.69, 9.17) is 5.73 Å². The lowest BCUT2D eigenvalue weighted by molar-refractivity contribution is -0.116. The summed E-state index contributed by atoms with van der Waals surface area (Å²) in [7, 11) is 0. The molecule has 0 aliphatic carbocycles. The fourth-order valence-corrected chi connectivity index (χ4v) is 1.95. The molecule has 1 aromatic heterocycles. The Balaban J connectivity index is 3.30. The number of nitrogens with two attached hydrogens (primary N) is 1. The Morgan fingerprint density at radius 3 is 2.45 bits per heavy atom. The summed E-state index contributed by atoms with van der Waals surface area (Å²) in [6.07, 6.45) is 0. The molecule has 0 saturated carbocycles. The van der Waals surface area contributed by atoms with Crippen LogP contribution in [0.2, 0.25) is 0 Å². The highest BCUT2D eigenvalue weighted by atomic mass is 16.1. The average molecular weight is 279 g/mol. The van der Waals surface area contributed by atoms with Gasteiger partial charge in [0.2, 0.25) is 5.91 Å². The number of likely N-dealkylation sites (N-methyl/N-ethyl adjacent to an activating group) is 1. The van der Waals surface area contributed by atoms with E-state index in [-0.39, 0.29) is 18.4 Å². The number of nitrogens with one attached hydrogen (secondary N) is 1. The summed E-state index contributed by atoms with van der Waals surface area (Å²) in [5, 5.41) is 3.25. The monoisotopic (exact) mass is 279 g/mol. The number of aromatic nitrogens is 2. The maximum Gasteiger partial charge on any atom is 0.236 e. The molecule has 1 heterocycles. The van der Waals surface area contributed by atoms with Gasteiger partial charge in [-0.1, -0.05) is 13.8 Å². The predicted octanol–water partition coefficient (Wildman–Crippen LogP) is 1.65. The maximum absolute atomic E-state index is 11.2. The molecule has 0 saturated heterocycles. The largest absolute Gasteiger partial charge is 0.370 e. The molecule has 6 nitrogen and oxygen atoms in total. The number of primary amides is 1. The molecule has 0 fully saturated rings. The second kappa shape index (κ2) is 7.07. The Morgan fingerprint density at radius 1 is 1.35 bits per heavy atom. The van der Waals surface area contributed by atoms with Crippen LogP contribution < -0.4 is 16.0 Å². The molecule has 1 rings (SSSR count). The highest BCUT2D eigenvalue weighted by molar-refractivity contribution is 5.79. The van der Waals surface area contributed by atoms with Crippen molar-refractivity contribution >= 4 is 17.5 Å². The lowest BCUT2D eigenvalue weighted by Crippen LogP contribution is -2.35. The molecule has 0 aliphatic rings. The average Bonchev–Trinajstić information content (AvgIpc) is 2.38. The molecular weight excluding hydrogens is 254 g/mol. The Bertz CT molecular complexity index is 473. The van der Waals surface area contributed by atoms with Gasteiger partial charge in [-0.2, -0.15) is 0 Å². The van der Waals surface area contributed by atoms with Gasteiger partial charge < -0.3 is 16.0 Å². The van der Waals surface area contributed by atoms with Crippen LogP contribution in [0.15, 0.2) is 0 Å². The fourth-order valence-electron chi connectivity index (χ4n) is 1.95. The normalized spacial score (nSPS) is 10.7. The number of carbonyl (C=O) groups excluding carboxylic acids is 1. The number of carbonyl (C=O) groups is 1. The van der Waals surface area contributed by atoms with Crippen molar-refractivity contribution in [3.8, 4) is 0 Å². The van der Waals surface area contributed by atoms with Crippen molar-refractivity contribution in [1.29, 1.82) is 0 Å². The maximum atomic E-state index is 11.2. The van der Waals surface area contributed by atoms with Crippen molar-refractivity contribution < 1.29 is 4.79 Å². The van der Waals surface area contributed by atoms with E-state index in [9.17, 15) is 4.79 Å². The van der Waals surface area contributed by atoms with Gasteiger partial charge >= 0.3 is 0 Å². The Labute approximate surface area is 120 Å². The van der Waals surface area contributed by atoms with Crippen molar-refractivity contribution in [2.24, 2.45) is 5.73 Å². The standard InChI is InChI=1S/C14H25N5O/c1-6-16-13-10(5)14(18-12(17-13)9(3)4)19(7-2)8-11(15)20/h9H,6-8H2,1-5H3,(H2,15,20)(H,16,17,18). The molecule has 3 N–H and O–H groups in total. The molecule has 1 aromatic rings. The van der Waals surface area contributed by atoms with Gasteiger partial charge in [-0.05, 0) is 20.8 Å². The Hall–Kier alpha value is -1.85. The molecule has 0 atom stereocenters. The van der Waals surface area contributed by atoms with Gasteiger partial charge in [-0.3, -0.25) is 4.79 Å². The van der Waals surface area contributed by atoms with Crippen molar-refractivity contribution in [3.63, 3.8) is 0 Å². The first kappa shape index (κ1) is 16.2. The molecular formula is C14H25N5O. The number of nitrogens with zero attached hydrogens (tertiary/aromatic N) is 3. The van der Waals surface area contributed by atoms with Crippen LogP contribution in [0.4, 0.5) is 11.6 Å². The lowest BCUT2D eigenvalue weighted by atomic mass is 10.2. The van der Waals surface area contributed by atoms with Crippen LogP contribution in [-0.4, -0.2) is 35.5 Å². The lowest BCUT2D eigenvalue weighted by Gasteiger charge is -2.24. The van der Waals surface area contributed by atoms with Crippen molar-refractivity contribution in [2.75, 3.05) is 29.9 Å². The van der Waals surface area contributed by atoms with E-state index in [0.717, 1.165) is 29.6 Å². The topological polar surface area (TPSA) is 84.1 Å². The number of anilines is 2. The zero-order chi connectivity index (χ0) is 15.3. The van der Waals surface area contributed by atoms with Crippen LogP contribution in [0.25, 0.3) is 0 Å². The summed E-state index contributed by atoms with van der Waals surface area (Å²) in [6.45, 7) is 11.7. The molecule has 0 aromatic carbocycles. The Kier molecular flexibility index (Phi) is 5.73. The van der Waals surface area contributed by atoms with Gasteiger partial charge in [-0.25, -0.2) is 9.97 Å². The van der Waals surface area contributed by atoms with Crippen LogP contribution in [-0.2, 0) is 4.79 Å². The summed E-state index contributed by atoms with van der Waals surface area (Å²) in [5.74, 6) is 2.23. The van der Waals surface area contributed by atoms with Crippen LogP contribution >= 0.6 is 0 Å².